The van der Waals surface area contributed by atoms with Crippen molar-refractivity contribution in [3.63, 3.8) is 0 Å². The standard InChI is InChI=1S/2C15H12O2.O.V/c2*16-14(12-7-3-1-4-8-12)11-15(17)13-9-5-2-6-10-13;;/h2*1-10H,11H2;;/p+4. The van der Waals surface area contributed by atoms with Gasteiger partial charge in [0.1, 0.15) is 0 Å². The van der Waals surface area contributed by atoms with E-state index in [0.29, 0.717) is 0 Å². The zero-order chi connectivity index (χ0) is 26.2. The first kappa shape index (κ1) is 28.2. The zero-order valence-corrected chi connectivity index (χ0v) is 21.0. The van der Waals surface area contributed by atoms with E-state index in [0.717, 1.165) is 39.6 Å². The van der Waals surface area contributed by atoms with Gasteiger partial charge in [0.15, 0.2) is 12.8 Å². The van der Waals surface area contributed by atoms with Crippen LogP contribution in [0.1, 0.15) is 35.1 Å². The van der Waals surface area contributed by atoms with E-state index in [1.807, 2.05) is 121 Å². The summed E-state index contributed by atoms with van der Waals surface area (Å²) in [5.41, 5.74) is 2.93. The first-order valence-electron chi connectivity index (χ1n) is 11.1. The van der Waals surface area contributed by atoms with Crippen molar-refractivity contribution in [1.82, 2.24) is 0 Å². The molecule has 0 atom stereocenters. The first-order valence-corrected chi connectivity index (χ1v) is 11.7. The van der Waals surface area contributed by atoms with Gasteiger partial charge in [0.25, 0.3) is 0 Å². The molecule has 0 aliphatic carbocycles. The molecule has 4 aromatic rings. The molecule has 5 nitrogen and oxygen atoms in total. The van der Waals surface area contributed by atoms with Gasteiger partial charge in [-0.3, -0.25) is 19.2 Å². The molecule has 6 heteroatoms. The summed E-state index contributed by atoms with van der Waals surface area (Å²) in [7, 11) is 0. The molecule has 0 heterocycles. The molecular formula is C30H28O5V+4. The minimum absolute atomic E-state index is 0.147. The number of carbonyl (C=O) groups excluding carboxylic acids is 4. The topological polar surface area (TPSA) is 103 Å². The Bertz CT molecular complexity index is 1060. The molecule has 4 N–H and O–H groups in total. The van der Waals surface area contributed by atoms with Crippen LogP contribution in [0.5, 0.6) is 0 Å². The average Bonchev–Trinajstić information content (AvgIpc) is 2.96. The normalized spacial score (nSPS) is 9.42. The third kappa shape index (κ3) is 9.30. The Hall–Kier alpha value is -4.06. The van der Waals surface area contributed by atoms with Crippen LogP contribution >= 0.6 is 0 Å². The van der Waals surface area contributed by atoms with E-state index in [1.54, 1.807) is 0 Å². The Balaban J connectivity index is 0.000000237. The summed E-state index contributed by atoms with van der Waals surface area (Å²) in [6.45, 7) is 0. The fourth-order valence-electron chi connectivity index (χ4n) is 3.25. The van der Waals surface area contributed by atoms with Gasteiger partial charge in [0, 0.05) is 0 Å². The Kier molecular flexibility index (Phi) is 12.3. The summed E-state index contributed by atoms with van der Waals surface area (Å²) in [6.07, 6.45) is 0.294. The Morgan fingerprint density at radius 2 is 0.556 bits per heavy atom. The van der Waals surface area contributed by atoms with Crippen LogP contribution in [0.15, 0.2) is 121 Å². The maximum absolute atomic E-state index is 9.89. The van der Waals surface area contributed by atoms with Gasteiger partial charge < -0.3 is 0 Å². The minimum atomic E-state index is 0.147. The van der Waals surface area contributed by atoms with Crippen LogP contribution in [-0.4, -0.2) is 42.3 Å². The van der Waals surface area contributed by atoms with Gasteiger partial charge in [-0.1, -0.05) is 72.8 Å². The second kappa shape index (κ2) is 15.8. The van der Waals surface area contributed by atoms with Crippen molar-refractivity contribution in [3.05, 3.63) is 144 Å². The average molecular weight is 519 g/mol. The first-order chi connectivity index (χ1) is 17.5. The molecular weight excluding hydrogens is 491 g/mol. The molecule has 0 amide bonds. The SMILES string of the molecule is [OH+]=C(CC(=[OH+])c1ccccc1)c1ccccc1.[OH+]=C(CC(=[OH+])c1ccccc1)c1ccccc1.[O]=[V]. The van der Waals surface area contributed by atoms with E-state index >= 15 is 0 Å². The van der Waals surface area contributed by atoms with E-state index in [2.05, 4.69) is 0 Å². The molecule has 4 rings (SSSR count). The Morgan fingerprint density at radius 3 is 0.722 bits per heavy atom. The van der Waals surface area contributed by atoms with Gasteiger partial charge in [0.2, 0.25) is 0 Å². The van der Waals surface area contributed by atoms with E-state index in [4.69, 9.17) is 3.67 Å². The van der Waals surface area contributed by atoms with Crippen molar-refractivity contribution >= 4 is 23.1 Å². The summed E-state index contributed by atoms with van der Waals surface area (Å²) in [5, 5.41) is 0. The van der Waals surface area contributed by atoms with Crippen molar-refractivity contribution in [2.45, 2.75) is 12.8 Å². The zero-order valence-electron chi connectivity index (χ0n) is 19.6. The van der Waals surface area contributed by atoms with E-state index in [1.165, 1.54) is 0 Å². The second-order valence-electron chi connectivity index (χ2n) is 7.60. The molecule has 36 heavy (non-hydrogen) atoms. The fraction of sp³-hybridized carbons (Fsp3) is 0.0667. The molecule has 0 aliphatic rings. The van der Waals surface area contributed by atoms with Gasteiger partial charge in [-0.25, -0.2) is 0 Å². The molecule has 0 spiro atoms. The van der Waals surface area contributed by atoms with Gasteiger partial charge in [0.05, 0.1) is 22.3 Å². The number of ketones is 4. The van der Waals surface area contributed by atoms with Crippen LogP contribution in [0.2, 0.25) is 0 Å². The fourth-order valence-corrected chi connectivity index (χ4v) is 3.25. The molecule has 0 unspecified atom stereocenters. The van der Waals surface area contributed by atoms with Gasteiger partial charge in [-0.2, -0.15) is 0 Å². The van der Waals surface area contributed by atoms with Crippen molar-refractivity contribution in [2.75, 3.05) is 0 Å². The monoisotopic (exact) mass is 519 g/mol. The third-order valence-corrected chi connectivity index (χ3v) is 5.10. The van der Waals surface area contributed by atoms with Crippen LogP contribution in [0.3, 0.4) is 0 Å². The second-order valence-corrected chi connectivity index (χ2v) is 7.60. The van der Waals surface area contributed by atoms with E-state index in [-0.39, 0.29) is 36.0 Å². The quantitative estimate of drug-likeness (QED) is 0.182. The summed E-state index contributed by atoms with van der Waals surface area (Å²) in [6, 6.07) is 36.9. The third-order valence-electron chi connectivity index (χ3n) is 5.10. The van der Waals surface area contributed by atoms with Crippen molar-refractivity contribution in [2.24, 2.45) is 0 Å². The van der Waals surface area contributed by atoms with Crippen molar-refractivity contribution < 1.29 is 40.2 Å². The summed E-state index contributed by atoms with van der Waals surface area (Å²) in [4.78, 5) is 39.6. The van der Waals surface area contributed by atoms with Crippen molar-refractivity contribution in [3.8, 4) is 0 Å². The van der Waals surface area contributed by atoms with E-state index < -0.39 is 0 Å². The van der Waals surface area contributed by atoms with Gasteiger partial charge >= 0.3 is 44.2 Å². The summed E-state index contributed by atoms with van der Waals surface area (Å²) in [5.74, 6) is 0.692. The van der Waals surface area contributed by atoms with Crippen LogP contribution in [0.25, 0.3) is 0 Å². The van der Waals surface area contributed by atoms with E-state index in [9.17, 15) is 19.2 Å². The maximum atomic E-state index is 9.89. The molecule has 0 aliphatic heterocycles. The molecule has 0 aromatic heterocycles. The van der Waals surface area contributed by atoms with Crippen LogP contribution in [-0.2, 0) is 21.0 Å². The summed E-state index contributed by atoms with van der Waals surface area (Å²) >= 11 is 1.06. The van der Waals surface area contributed by atoms with Gasteiger partial charge in [-0.05, 0) is 48.5 Å². The van der Waals surface area contributed by atoms with Crippen molar-refractivity contribution in [1.29, 1.82) is 0 Å². The van der Waals surface area contributed by atoms with Gasteiger partial charge in [-0.15, -0.1) is 0 Å². The Labute approximate surface area is 219 Å². The summed E-state index contributed by atoms with van der Waals surface area (Å²) < 4.78 is 8.19. The van der Waals surface area contributed by atoms with Crippen LogP contribution in [0, 0.1) is 0 Å². The molecule has 0 radical (unpaired) electrons. The molecule has 0 fully saturated rings. The number of hydrogen-bond acceptors (Lipinski definition) is 1. The molecule has 4 aromatic carbocycles. The number of rotatable bonds is 8. The molecule has 179 valence electrons. The van der Waals surface area contributed by atoms with Crippen LogP contribution < -0.4 is 0 Å². The number of benzene rings is 4. The number of hydrogen-bond donors (Lipinski definition) is 0. The molecule has 0 bridgehead atoms. The Morgan fingerprint density at radius 1 is 0.389 bits per heavy atom. The van der Waals surface area contributed by atoms with Crippen LogP contribution in [0.4, 0.5) is 0 Å². The predicted octanol–water partition coefficient (Wildman–Crippen LogP) is 5.00. The molecule has 0 saturated heterocycles. The molecule has 0 saturated carbocycles. The predicted molar refractivity (Wildman–Crippen MR) is 140 cm³/mol.